The van der Waals surface area contributed by atoms with Crippen molar-refractivity contribution < 1.29 is 23.5 Å². The number of likely N-dealkylation sites (N-methyl/N-ethyl adjacent to an activating group) is 1. The molecule has 0 saturated heterocycles. The van der Waals surface area contributed by atoms with Gasteiger partial charge >= 0.3 is 5.97 Å². The summed E-state index contributed by atoms with van der Waals surface area (Å²) in [6.45, 7) is 7.16. The van der Waals surface area contributed by atoms with Crippen LogP contribution in [0.1, 0.15) is 46.9 Å². The van der Waals surface area contributed by atoms with Gasteiger partial charge in [0, 0.05) is 23.8 Å². The number of aryl methyl sites for hydroxylation is 2. The first-order valence-corrected chi connectivity index (χ1v) is 11.4. The van der Waals surface area contributed by atoms with Gasteiger partial charge in [-0.1, -0.05) is 35.9 Å². The van der Waals surface area contributed by atoms with Crippen molar-refractivity contribution in [2.45, 2.75) is 39.8 Å². The third-order valence-electron chi connectivity index (χ3n) is 6.05. The second-order valence-corrected chi connectivity index (χ2v) is 9.04. The number of carboxylic acid groups (broad SMARTS) is 1. The van der Waals surface area contributed by atoms with Crippen molar-refractivity contribution in [1.29, 1.82) is 0 Å². The molecular formula is C27H27ClF2N2O3. The Kier molecular flexibility index (Phi) is 7.80. The van der Waals surface area contributed by atoms with Crippen LogP contribution in [0.15, 0.2) is 48.5 Å². The van der Waals surface area contributed by atoms with Crippen LogP contribution >= 0.6 is 11.6 Å². The summed E-state index contributed by atoms with van der Waals surface area (Å²) in [4.78, 5) is 24.4. The van der Waals surface area contributed by atoms with Crippen molar-refractivity contribution >= 4 is 29.2 Å². The molecule has 8 heteroatoms. The maximum atomic E-state index is 14.9. The summed E-state index contributed by atoms with van der Waals surface area (Å²) in [5, 5.41) is 13.2. The average Bonchev–Trinajstić information content (AvgIpc) is 2.80. The smallest absolute Gasteiger partial charge is 0.326 e. The molecular weight excluding hydrogens is 474 g/mol. The van der Waals surface area contributed by atoms with Gasteiger partial charge < -0.3 is 15.3 Å². The van der Waals surface area contributed by atoms with Crippen LogP contribution in [0.5, 0.6) is 0 Å². The summed E-state index contributed by atoms with van der Waals surface area (Å²) in [5.74, 6) is -4.44. The SMILES string of the molecule is Cc1cc(C(C)Nc2cccc(-c3cc(F)c(C(=O)N(C)[C@@H](C)C(=O)O)c(F)c3)c2)cc(C)c1Cl. The predicted octanol–water partition coefficient (Wildman–Crippen LogP) is 6.62. The van der Waals surface area contributed by atoms with Gasteiger partial charge in [-0.2, -0.15) is 0 Å². The van der Waals surface area contributed by atoms with Crippen LogP contribution in [0, 0.1) is 25.5 Å². The van der Waals surface area contributed by atoms with E-state index in [0.29, 0.717) is 5.56 Å². The Balaban J connectivity index is 1.88. The minimum atomic E-state index is -1.28. The second kappa shape index (κ2) is 10.4. The molecule has 0 aliphatic rings. The zero-order valence-electron chi connectivity index (χ0n) is 20.1. The van der Waals surface area contributed by atoms with E-state index in [1.54, 1.807) is 18.2 Å². The molecule has 0 spiro atoms. The zero-order valence-corrected chi connectivity index (χ0v) is 20.9. The molecule has 2 atom stereocenters. The fraction of sp³-hybridized carbons (Fsp3) is 0.259. The third-order valence-corrected chi connectivity index (χ3v) is 6.65. The van der Waals surface area contributed by atoms with Gasteiger partial charge in [0.2, 0.25) is 0 Å². The Morgan fingerprint density at radius 3 is 2.09 bits per heavy atom. The molecule has 184 valence electrons. The number of nitrogens with zero attached hydrogens (tertiary/aromatic N) is 1. The quantitative estimate of drug-likeness (QED) is 0.382. The van der Waals surface area contributed by atoms with Gasteiger partial charge in [-0.05, 0) is 79.8 Å². The number of anilines is 1. The molecule has 2 N–H and O–H groups in total. The fourth-order valence-electron chi connectivity index (χ4n) is 3.81. The van der Waals surface area contributed by atoms with Gasteiger partial charge in [0.05, 0.1) is 0 Å². The molecule has 1 unspecified atom stereocenters. The minimum absolute atomic E-state index is 0.0554. The number of benzene rings is 3. The van der Waals surface area contributed by atoms with E-state index in [1.807, 2.05) is 39.0 Å². The summed E-state index contributed by atoms with van der Waals surface area (Å²) in [6.07, 6.45) is 0. The van der Waals surface area contributed by atoms with Gasteiger partial charge in [0.1, 0.15) is 23.2 Å². The van der Waals surface area contributed by atoms with E-state index in [-0.39, 0.29) is 11.6 Å². The number of amides is 1. The molecule has 35 heavy (non-hydrogen) atoms. The van der Waals surface area contributed by atoms with Gasteiger partial charge in [-0.3, -0.25) is 4.79 Å². The highest BCUT2D eigenvalue weighted by Crippen LogP contribution is 2.30. The zero-order chi connectivity index (χ0) is 26.0. The molecule has 0 aromatic heterocycles. The van der Waals surface area contributed by atoms with Crippen LogP contribution < -0.4 is 5.32 Å². The Bertz CT molecular complexity index is 1250. The molecule has 3 aromatic rings. The van der Waals surface area contributed by atoms with E-state index in [1.165, 1.54) is 14.0 Å². The fourth-order valence-corrected chi connectivity index (χ4v) is 3.92. The Hall–Kier alpha value is -3.45. The summed E-state index contributed by atoms with van der Waals surface area (Å²) in [7, 11) is 1.19. The molecule has 5 nitrogen and oxygen atoms in total. The molecule has 0 fully saturated rings. The number of carbonyl (C=O) groups excluding carboxylic acids is 1. The lowest BCUT2D eigenvalue weighted by Crippen LogP contribution is -2.41. The normalized spacial score (nSPS) is 12.7. The van der Waals surface area contributed by atoms with Crippen LogP contribution in [0.2, 0.25) is 5.02 Å². The minimum Gasteiger partial charge on any atom is -0.480 e. The molecule has 0 radical (unpaired) electrons. The molecule has 3 rings (SSSR count). The van der Waals surface area contributed by atoms with Gasteiger partial charge in [0.25, 0.3) is 5.91 Å². The van der Waals surface area contributed by atoms with Crippen molar-refractivity contribution in [3.05, 3.63) is 87.4 Å². The van der Waals surface area contributed by atoms with Crippen molar-refractivity contribution in [3.8, 4) is 11.1 Å². The Labute approximate surface area is 208 Å². The number of halogens is 3. The number of hydrogen-bond acceptors (Lipinski definition) is 3. The first-order chi connectivity index (χ1) is 16.4. The van der Waals surface area contributed by atoms with E-state index in [9.17, 15) is 18.4 Å². The maximum Gasteiger partial charge on any atom is 0.326 e. The maximum absolute atomic E-state index is 14.9. The lowest BCUT2D eigenvalue weighted by atomic mass is 10.00. The molecule has 0 aliphatic carbocycles. The van der Waals surface area contributed by atoms with Crippen molar-refractivity contribution in [2.75, 3.05) is 12.4 Å². The summed E-state index contributed by atoms with van der Waals surface area (Å²) >= 11 is 6.27. The van der Waals surface area contributed by atoms with E-state index in [0.717, 1.165) is 44.4 Å². The number of nitrogens with one attached hydrogen (secondary N) is 1. The van der Waals surface area contributed by atoms with Gasteiger partial charge in [-0.25, -0.2) is 13.6 Å². The standard InChI is InChI=1S/C27H27ClF2N2O3/c1-14-9-19(10-15(2)25(14)28)16(3)31-21-8-6-7-18(11-21)20-12-22(29)24(23(30)13-20)26(33)32(5)17(4)27(34)35/h6-13,16-17,31H,1-5H3,(H,34,35)/t16?,17-/m0/s1. The lowest BCUT2D eigenvalue weighted by Gasteiger charge is -2.22. The third kappa shape index (κ3) is 5.62. The lowest BCUT2D eigenvalue weighted by molar-refractivity contribution is -0.141. The van der Waals surface area contributed by atoms with Crippen LogP contribution in [-0.4, -0.2) is 35.0 Å². The highest BCUT2D eigenvalue weighted by Gasteiger charge is 2.28. The second-order valence-electron chi connectivity index (χ2n) is 8.66. The number of hydrogen-bond donors (Lipinski definition) is 2. The molecule has 1 amide bonds. The molecule has 0 bridgehead atoms. The van der Waals surface area contributed by atoms with Crippen molar-refractivity contribution in [1.82, 2.24) is 4.90 Å². The number of carboxylic acids is 1. The number of carbonyl (C=O) groups is 2. The molecule has 0 heterocycles. The van der Waals surface area contributed by atoms with E-state index >= 15 is 0 Å². The first kappa shape index (κ1) is 26.2. The highest BCUT2D eigenvalue weighted by molar-refractivity contribution is 6.32. The number of rotatable bonds is 7. The summed E-state index contributed by atoms with van der Waals surface area (Å²) < 4.78 is 29.7. The van der Waals surface area contributed by atoms with E-state index < -0.39 is 35.1 Å². The number of aliphatic carboxylic acids is 1. The average molecular weight is 501 g/mol. The Morgan fingerprint density at radius 1 is 0.971 bits per heavy atom. The predicted molar refractivity (Wildman–Crippen MR) is 134 cm³/mol. The summed E-state index contributed by atoms with van der Waals surface area (Å²) in [5.41, 5.74) is 3.77. The summed E-state index contributed by atoms with van der Waals surface area (Å²) in [6, 6.07) is 12.0. The largest absolute Gasteiger partial charge is 0.480 e. The van der Waals surface area contributed by atoms with Gasteiger partial charge in [0.15, 0.2) is 0 Å². The van der Waals surface area contributed by atoms with Crippen molar-refractivity contribution in [2.24, 2.45) is 0 Å². The van der Waals surface area contributed by atoms with Gasteiger partial charge in [-0.15, -0.1) is 0 Å². The molecule has 0 aliphatic heterocycles. The van der Waals surface area contributed by atoms with Crippen molar-refractivity contribution in [3.63, 3.8) is 0 Å². The van der Waals surface area contributed by atoms with Crippen LogP contribution in [0.25, 0.3) is 11.1 Å². The Morgan fingerprint density at radius 2 is 1.54 bits per heavy atom. The van der Waals surface area contributed by atoms with Crippen LogP contribution in [0.3, 0.4) is 0 Å². The monoisotopic (exact) mass is 500 g/mol. The first-order valence-electron chi connectivity index (χ1n) is 11.0. The van der Waals surface area contributed by atoms with Crippen LogP contribution in [0.4, 0.5) is 14.5 Å². The highest BCUT2D eigenvalue weighted by atomic mass is 35.5. The van der Waals surface area contributed by atoms with Crippen LogP contribution in [-0.2, 0) is 4.79 Å². The van der Waals surface area contributed by atoms with E-state index in [4.69, 9.17) is 16.7 Å². The molecule has 3 aromatic carbocycles. The van der Waals surface area contributed by atoms with E-state index in [2.05, 4.69) is 5.32 Å². The molecule has 0 saturated carbocycles. The topological polar surface area (TPSA) is 69.6 Å².